The molecule has 2 rings (SSSR count). The number of ether oxygens (including phenoxy) is 1. The van der Waals surface area contributed by atoms with Crippen molar-refractivity contribution in [1.29, 1.82) is 0 Å². The van der Waals surface area contributed by atoms with Crippen molar-refractivity contribution in [3.8, 4) is 5.75 Å². The number of hydrogen-bond donors (Lipinski definition) is 4. The van der Waals surface area contributed by atoms with Crippen LogP contribution < -0.4 is 15.4 Å². The van der Waals surface area contributed by atoms with E-state index in [0.29, 0.717) is 11.3 Å². The summed E-state index contributed by atoms with van der Waals surface area (Å²) in [6.45, 7) is -0.431. The molecule has 9 nitrogen and oxygen atoms in total. The molecule has 0 aliphatic heterocycles. The lowest BCUT2D eigenvalue weighted by molar-refractivity contribution is -0.143. The zero-order valence-electron chi connectivity index (χ0n) is 16.0. The Bertz CT molecular complexity index is 871. The van der Waals surface area contributed by atoms with E-state index in [9.17, 15) is 24.3 Å². The van der Waals surface area contributed by atoms with E-state index >= 15 is 0 Å². The molecule has 0 bridgehead atoms. The predicted octanol–water partition coefficient (Wildman–Crippen LogP) is 0.837. The molecule has 30 heavy (non-hydrogen) atoms. The number of nitrogens with one attached hydrogen (secondary N) is 2. The molecule has 4 N–H and O–H groups in total. The number of rotatable bonds is 11. The predicted molar refractivity (Wildman–Crippen MR) is 106 cm³/mol. The first-order valence-electron chi connectivity index (χ1n) is 9.11. The topological polar surface area (TPSA) is 142 Å². The van der Waals surface area contributed by atoms with Crippen LogP contribution in [0.4, 0.5) is 0 Å². The Kier molecular flexibility index (Phi) is 8.37. The van der Waals surface area contributed by atoms with Crippen LogP contribution in [0, 0.1) is 0 Å². The SMILES string of the molecule is O=C(O)C[C@H](NC(=O)COc1ccccc1)C(=O)N[C@@H](Cc1ccccc1)C(=O)O. The number of carboxylic acid groups (broad SMARTS) is 2. The van der Waals surface area contributed by atoms with E-state index in [2.05, 4.69) is 10.6 Å². The number of amides is 2. The second kappa shape index (κ2) is 11.2. The summed E-state index contributed by atoms with van der Waals surface area (Å²) in [6.07, 6.45) is -0.701. The summed E-state index contributed by atoms with van der Waals surface area (Å²) in [6, 6.07) is 14.4. The number of carboxylic acids is 2. The molecule has 2 amide bonds. The fraction of sp³-hybridized carbons (Fsp3) is 0.238. The Balaban J connectivity index is 1.99. The Hall–Kier alpha value is -3.88. The van der Waals surface area contributed by atoms with E-state index in [1.54, 1.807) is 60.7 Å². The second-order valence-electron chi connectivity index (χ2n) is 6.41. The van der Waals surface area contributed by atoms with Crippen LogP contribution in [0.25, 0.3) is 0 Å². The Morgan fingerprint density at radius 1 is 0.833 bits per heavy atom. The molecule has 0 unspecified atom stereocenters. The summed E-state index contributed by atoms with van der Waals surface area (Å²) in [5.74, 6) is -3.79. The van der Waals surface area contributed by atoms with E-state index in [1.807, 2.05) is 0 Å². The first kappa shape index (κ1) is 22.4. The van der Waals surface area contributed by atoms with Crippen molar-refractivity contribution < 1.29 is 34.1 Å². The normalized spacial score (nSPS) is 12.3. The van der Waals surface area contributed by atoms with Gasteiger partial charge in [-0.05, 0) is 17.7 Å². The zero-order valence-corrected chi connectivity index (χ0v) is 16.0. The van der Waals surface area contributed by atoms with Crippen LogP contribution in [0.5, 0.6) is 5.75 Å². The molecule has 0 aliphatic rings. The quantitative estimate of drug-likeness (QED) is 0.427. The summed E-state index contributed by atoms with van der Waals surface area (Å²) < 4.78 is 5.27. The molecule has 0 aromatic heterocycles. The average molecular weight is 414 g/mol. The molecule has 0 fully saturated rings. The highest BCUT2D eigenvalue weighted by molar-refractivity contribution is 5.93. The van der Waals surface area contributed by atoms with Crippen LogP contribution in [0.3, 0.4) is 0 Å². The average Bonchev–Trinajstić information content (AvgIpc) is 2.72. The number of aliphatic carboxylic acids is 2. The van der Waals surface area contributed by atoms with Gasteiger partial charge in [-0.25, -0.2) is 4.79 Å². The largest absolute Gasteiger partial charge is 0.484 e. The summed E-state index contributed by atoms with van der Waals surface area (Å²) in [5.41, 5.74) is 0.681. The van der Waals surface area contributed by atoms with Crippen molar-refractivity contribution in [2.75, 3.05) is 6.61 Å². The van der Waals surface area contributed by atoms with E-state index in [1.165, 1.54) is 0 Å². The van der Waals surface area contributed by atoms with Gasteiger partial charge in [0.2, 0.25) is 5.91 Å². The molecule has 0 heterocycles. The standard InChI is InChI=1S/C21H22N2O7/c24-18(13-30-15-9-5-2-6-10-15)22-16(12-19(25)26)20(27)23-17(21(28)29)11-14-7-3-1-4-8-14/h1-10,16-17H,11-13H2,(H,22,24)(H,23,27)(H,25,26)(H,28,29)/t16-,17-/m0/s1. The number of hydrogen-bond acceptors (Lipinski definition) is 5. The van der Waals surface area contributed by atoms with Gasteiger partial charge >= 0.3 is 11.9 Å². The maximum atomic E-state index is 12.5. The van der Waals surface area contributed by atoms with Crippen molar-refractivity contribution >= 4 is 23.8 Å². The van der Waals surface area contributed by atoms with Crippen molar-refractivity contribution in [3.63, 3.8) is 0 Å². The summed E-state index contributed by atoms with van der Waals surface area (Å²) in [7, 11) is 0. The third-order valence-corrected chi connectivity index (χ3v) is 4.04. The number of para-hydroxylation sites is 1. The van der Waals surface area contributed by atoms with Crippen molar-refractivity contribution in [2.24, 2.45) is 0 Å². The molecular weight excluding hydrogens is 392 g/mol. The first-order chi connectivity index (χ1) is 14.3. The van der Waals surface area contributed by atoms with Gasteiger partial charge in [0.05, 0.1) is 6.42 Å². The number of carbonyl (C=O) groups is 4. The monoisotopic (exact) mass is 414 g/mol. The van der Waals surface area contributed by atoms with Gasteiger partial charge in [-0.1, -0.05) is 48.5 Å². The van der Waals surface area contributed by atoms with E-state index < -0.39 is 48.9 Å². The molecule has 9 heteroatoms. The van der Waals surface area contributed by atoms with E-state index in [-0.39, 0.29) is 6.42 Å². The summed E-state index contributed by atoms with van der Waals surface area (Å²) in [5, 5.41) is 23.0. The van der Waals surface area contributed by atoms with Gasteiger partial charge in [-0.15, -0.1) is 0 Å². The molecule has 2 aromatic carbocycles. The first-order valence-corrected chi connectivity index (χ1v) is 9.11. The molecular formula is C21H22N2O7. The maximum Gasteiger partial charge on any atom is 0.326 e. The summed E-state index contributed by atoms with van der Waals surface area (Å²) in [4.78, 5) is 47.2. The smallest absolute Gasteiger partial charge is 0.326 e. The van der Waals surface area contributed by atoms with Crippen LogP contribution >= 0.6 is 0 Å². The van der Waals surface area contributed by atoms with Gasteiger partial charge in [0.15, 0.2) is 6.61 Å². The molecule has 0 saturated carbocycles. The fourth-order valence-electron chi connectivity index (χ4n) is 2.61. The van der Waals surface area contributed by atoms with Crippen LogP contribution in [0.1, 0.15) is 12.0 Å². The van der Waals surface area contributed by atoms with Crippen molar-refractivity contribution in [3.05, 3.63) is 66.2 Å². The van der Waals surface area contributed by atoms with Crippen LogP contribution in [-0.2, 0) is 25.6 Å². The minimum absolute atomic E-state index is 0.00672. The highest BCUT2D eigenvalue weighted by Crippen LogP contribution is 2.08. The van der Waals surface area contributed by atoms with Gasteiger partial charge in [0.25, 0.3) is 5.91 Å². The highest BCUT2D eigenvalue weighted by atomic mass is 16.5. The number of benzene rings is 2. The van der Waals surface area contributed by atoms with Gasteiger partial charge in [0.1, 0.15) is 17.8 Å². The Morgan fingerprint density at radius 3 is 2.00 bits per heavy atom. The van der Waals surface area contributed by atoms with Crippen molar-refractivity contribution in [1.82, 2.24) is 10.6 Å². The summed E-state index contributed by atoms with van der Waals surface area (Å²) >= 11 is 0. The van der Waals surface area contributed by atoms with Gasteiger partial charge < -0.3 is 25.6 Å². The van der Waals surface area contributed by atoms with Crippen LogP contribution in [0.15, 0.2) is 60.7 Å². The molecule has 0 saturated heterocycles. The molecule has 0 radical (unpaired) electrons. The van der Waals surface area contributed by atoms with Gasteiger partial charge in [-0.2, -0.15) is 0 Å². The maximum absolute atomic E-state index is 12.5. The Morgan fingerprint density at radius 2 is 1.43 bits per heavy atom. The van der Waals surface area contributed by atoms with Crippen LogP contribution in [0.2, 0.25) is 0 Å². The van der Waals surface area contributed by atoms with E-state index in [0.717, 1.165) is 0 Å². The lowest BCUT2D eigenvalue weighted by Crippen LogP contribution is -2.53. The highest BCUT2D eigenvalue weighted by Gasteiger charge is 2.28. The molecule has 2 atom stereocenters. The minimum Gasteiger partial charge on any atom is -0.484 e. The Labute approximate surface area is 172 Å². The second-order valence-corrected chi connectivity index (χ2v) is 6.41. The molecule has 0 spiro atoms. The lowest BCUT2D eigenvalue weighted by atomic mass is 10.1. The number of carbonyl (C=O) groups excluding carboxylic acids is 2. The molecule has 2 aromatic rings. The third kappa shape index (κ3) is 7.63. The molecule has 158 valence electrons. The molecule has 0 aliphatic carbocycles. The van der Waals surface area contributed by atoms with Crippen LogP contribution in [-0.4, -0.2) is 52.7 Å². The fourth-order valence-corrected chi connectivity index (χ4v) is 2.61. The van der Waals surface area contributed by atoms with E-state index in [4.69, 9.17) is 9.84 Å². The van der Waals surface area contributed by atoms with Gasteiger partial charge in [-0.3, -0.25) is 14.4 Å². The lowest BCUT2D eigenvalue weighted by Gasteiger charge is -2.20. The van der Waals surface area contributed by atoms with Crippen molar-refractivity contribution in [2.45, 2.75) is 24.9 Å². The van der Waals surface area contributed by atoms with Gasteiger partial charge in [0, 0.05) is 6.42 Å². The minimum atomic E-state index is -1.45. The third-order valence-electron chi connectivity index (χ3n) is 4.04. The zero-order chi connectivity index (χ0) is 21.9.